The highest BCUT2D eigenvalue weighted by Gasteiger charge is 2.46. The molecule has 0 radical (unpaired) electrons. The Bertz CT molecular complexity index is 2670. The number of nitrogens with one attached hydrogen (secondary N) is 1. The zero-order valence-electron chi connectivity index (χ0n) is 61.4. The summed E-state index contributed by atoms with van der Waals surface area (Å²) in [5.41, 5.74) is 0.722. The van der Waals surface area contributed by atoms with Crippen LogP contribution in [-0.4, -0.2) is 236 Å². The van der Waals surface area contributed by atoms with Crippen molar-refractivity contribution in [3.8, 4) is 0 Å². The molecular weight excluding hydrogens is 1190 g/mol. The summed E-state index contributed by atoms with van der Waals surface area (Å²) in [6.45, 7) is 31.3. The second-order valence-electron chi connectivity index (χ2n) is 29.3. The summed E-state index contributed by atoms with van der Waals surface area (Å²) in [5.74, 6) is -11.1. The van der Waals surface area contributed by atoms with Crippen LogP contribution < -0.4 is 5.32 Å². The molecule has 2 heterocycles. The van der Waals surface area contributed by atoms with Gasteiger partial charge in [-0.25, -0.2) is 0 Å². The lowest BCUT2D eigenvalue weighted by Gasteiger charge is -2.42. The van der Waals surface area contributed by atoms with Crippen molar-refractivity contribution in [2.45, 2.75) is 236 Å². The molecule has 1 aliphatic rings. The van der Waals surface area contributed by atoms with E-state index < -0.39 is 161 Å². The minimum absolute atomic E-state index is 0.0749. The van der Waals surface area contributed by atoms with Gasteiger partial charge in [0.2, 0.25) is 47.3 Å². The van der Waals surface area contributed by atoms with Crippen LogP contribution in [0.25, 0.3) is 0 Å². The number of aliphatic hydroxyl groups is 1. The Labute approximate surface area is 557 Å². The summed E-state index contributed by atoms with van der Waals surface area (Å²) in [6.07, 6.45) is 3.60. The number of nitrogens with zero attached hydrogens (tertiary/aromatic N) is 10. The summed E-state index contributed by atoms with van der Waals surface area (Å²) in [4.78, 5) is 183. The zero-order valence-corrected chi connectivity index (χ0v) is 61.4. The SMILES string of the molecule is CC[C@H]1CC(=O)[C@@H]([C@H](O)[C@H](C)CCN(C)Cc2cnccn2)N(C)C(=O)[C@@H](C(C)C)N(C)C(=O)[C@@H](CC(C)C)N(C)C(=O)[C@@H](CC(C)C)N(C)C(=O)[C@H](C)NC(=O)[C@@H](C)CC(=O)[C@@H](CC(C)C)N(C)C(=O)[C@@H](C(C)C)CC(=O)[C@H](CC(C)C)N(C)C(=O)[C@@H](C)N(C)C1=O. The molecule has 1 aliphatic heterocycles. The molecule has 2 rings (SSSR count). The Balaban J connectivity index is 3.01. The van der Waals surface area contributed by atoms with E-state index in [2.05, 4.69) is 15.3 Å². The zero-order chi connectivity index (χ0) is 71.5. The second kappa shape index (κ2) is 37.8. The molecule has 0 bridgehead atoms. The first-order chi connectivity index (χ1) is 43.0. The normalized spacial score (nSPS) is 26.6. The van der Waals surface area contributed by atoms with E-state index in [0.717, 1.165) is 5.69 Å². The van der Waals surface area contributed by atoms with Gasteiger partial charge in [-0.05, 0) is 107 Å². The van der Waals surface area contributed by atoms with Crippen molar-refractivity contribution < 1.29 is 57.8 Å². The molecule has 528 valence electrons. The quantitative estimate of drug-likeness (QED) is 0.164. The molecule has 23 heteroatoms. The average Bonchev–Trinajstić information content (AvgIpc) is 0.841. The molecule has 1 aromatic rings. The van der Waals surface area contributed by atoms with E-state index in [1.165, 1.54) is 97.5 Å². The monoisotopic (exact) mass is 1310 g/mol. The van der Waals surface area contributed by atoms with Crippen LogP contribution in [0.15, 0.2) is 18.6 Å². The molecule has 1 fully saturated rings. The molecule has 2 N–H and O–H groups in total. The molecule has 93 heavy (non-hydrogen) atoms. The molecule has 0 aromatic carbocycles. The van der Waals surface area contributed by atoms with Crippen LogP contribution in [0, 0.1) is 59.2 Å². The Morgan fingerprint density at radius 1 is 0.516 bits per heavy atom. The van der Waals surface area contributed by atoms with Crippen LogP contribution in [0.2, 0.25) is 0 Å². The lowest BCUT2D eigenvalue weighted by atomic mass is 9.84. The highest BCUT2D eigenvalue weighted by Crippen LogP contribution is 2.30. The van der Waals surface area contributed by atoms with Gasteiger partial charge in [0, 0.05) is 111 Å². The van der Waals surface area contributed by atoms with Gasteiger partial charge in [-0.1, -0.05) is 104 Å². The van der Waals surface area contributed by atoms with Gasteiger partial charge in [0.25, 0.3) is 0 Å². The molecule has 0 unspecified atom stereocenters. The molecule has 13 atom stereocenters. The number of hydrogen-bond donors (Lipinski definition) is 2. The van der Waals surface area contributed by atoms with Gasteiger partial charge < -0.3 is 49.6 Å². The molecule has 23 nitrogen and oxygen atoms in total. The smallest absolute Gasteiger partial charge is 0.246 e. The van der Waals surface area contributed by atoms with E-state index in [1.807, 2.05) is 81.2 Å². The summed E-state index contributed by atoms with van der Waals surface area (Å²) in [7, 11) is 12.2. The van der Waals surface area contributed by atoms with Gasteiger partial charge in [0.1, 0.15) is 36.3 Å². The van der Waals surface area contributed by atoms with E-state index in [0.29, 0.717) is 19.5 Å². The van der Waals surface area contributed by atoms with E-state index in [-0.39, 0.29) is 68.6 Å². The highest BCUT2D eigenvalue weighted by molar-refractivity contribution is 6.00. The van der Waals surface area contributed by atoms with E-state index >= 15 is 19.2 Å². The minimum Gasteiger partial charge on any atom is -0.390 e. The van der Waals surface area contributed by atoms with Crippen molar-refractivity contribution >= 4 is 64.6 Å². The first kappa shape index (κ1) is 82.9. The van der Waals surface area contributed by atoms with Crippen molar-refractivity contribution in [1.29, 1.82) is 0 Å². The number of carbonyl (C=O) groups is 11. The number of aliphatic hydroxyl groups excluding tert-OH is 1. The fourth-order valence-corrected chi connectivity index (χ4v) is 12.6. The van der Waals surface area contributed by atoms with Crippen molar-refractivity contribution in [2.75, 3.05) is 62.9 Å². The van der Waals surface area contributed by atoms with Gasteiger partial charge in [-0.3, -0.25) is 62.7 Å². The second-order valence-corrected chi connectivity index (χ2v) is 29.3. The average molecular weight is 1310 g/mol. The van der Waals surface area contributed by atoms with Crippen LogP contribution >= 0.6 is 0 Å². The van der Waals surface area contributed by atoms with Gasteiger partial charge in [0.05, 0.1) is 23.9 Å². The third kappa shape index (κ3) is 23.3. The number of hydrogen-bond acceptors (Lipinski definition) is 15. The predicted octanol–water partition coefficient (Wildman–Crippen LogP) is 6.28. The number of amides is 8. The van der Waals surface area contributed by atoms with Crippen LogP contribution in [0.4, 0.5) is 0 Å². The number of aromatic nitrogens is 2. The molecule has 1 saturated heterocycles. The maximum Gasteiger partial charge on any atom is 0.246 e. The largest absolute Gasteiger partial charge is 0.390 e. The molecule has 0 saturated carbocycles. The predicted molar refractivity (Wildman–Crippen MR) is 360 cm³/mol. The Morgan fingerprint density at radius 3 is 1.43 bits per heavy atom. The molecule has 0 aliphatic carbocycles. The molecule has 8 amide bonds. The molecule has 0 spiro atoms. The fraction of sp³-hybridized carbons (Fsp3) is 0.786. The van der Waals surface area contributed by atoms with Gasteiger partial charge >= 0.3 is 0 Å². The number of carbonyl (C=O) groups excluding carboxylic acids is 11. The van der Waals surface area contributed by atoms with Gasteiger partial charge in [-0.15, -0.1) is 0 Å². The maximum absolute atomic E-state index is 15.5. The van der Waals surface area contributed by atoms with Crippen molar-refractivity contribution in [2.24, 2.45) is 59.2 Å². The Hall–Kier alpha value is -6.23. The van der Waals surface area contributed by atoms with Crippen molar-refractivity contribution in [3.63, 3.8) is 0 Å². The van der Waals surface area contributed by atoms with E-state index in [4.69, 9.17) is 0 Å². The van der Waals surface area contributed by atoms with Crippen LogP contribution in [0.3, 0.4) is 0 Å². The maximum atomic E-state index is 15.5. The third-order valence-corrected chi connectivity index (χ3v) is 18.8. The number of rotatable bonds is 18. The first-order valence-electron chi connectivity index (χ1n) is 33.9. The standard InChI is InChI=1S/C70H121N11O12/c1-26-50-36-59(84)61(62(85)46(14)27-30-74(18)39-51-38-71-28-29-72-51)81(25)70(93)60(45(12)13)80(24)69(92)56(34-43(8)9)79(23)68(91)55(33-42(6)7)78(22)64(87)48(16)73-63(86)47(15)35-57(82)53(31-40(2)3)77(21)67(90)52(44(10)11)37-58(83)54(32-41(4)5)76(20)65(88)49(17)75(19)66(50)89/h28-29,38,40-50,52-56,60-62,85H,26-27,30-37,39H2,1-25H3,(H,73,86)/t46-,47+,48+,49-,50+,52-,53-,54+,55-,56-,60-,61+,62-/m1/s1. The van der Waals surface area contributed by atoms with Crippen LogP contribution in [-0.2, 0) is 59.3 Å². The lowest BCUT2D eigenvalue weighted by Crippen LogP contribution is -2.62. The van der Waals surface area contributed by atoms with Crippen molar-refractivity contribution in [1.82, 2.24) is 54.5 Å². The minimum atomic E-state index is -1.54. The number of Topliss-reactive ketones (excluding diaryl/α,β-unsaturated/α-hetero) is 3. The summed E-state index contributed by atoms with van der Waals surface area (Å²) >= 11 is 0. The first-order valence-corrected chi connectivity index (χ1v) is 33.9. The number of ketones is 3. The van der Waals surface area contributed by atoms with Crippen LogP contribution in [0.1, 0.15) is 181 Å². The lowest BCUT2D eigenvalue weighted by molar-refractivity contribution is -0.157. The fourth-order valence-electron chi connectivity index (χ4n) is 12.6. The van der Waals surface area contributed by atoms with Crippen molar-refractivity contribution in [3.05, 3.63) is 24.3 Å². The summed E-state index contributed by atoms with van der Waals surface area (Å²) < 4.78 is 0. The van der Waals surface area contributed by atoms with Gasteiger partial charge in [-0.2, -0.15) is 0 Å². The van der Waals surface area contributed by atoms with Gasteiger partial charge in [0.15, 0.2) is 17.3 Å². The number of likely N-dealkylation sites (N-methyl/N-ethyl adjacent to an activating group) is 7. The topological polar surface area (TPSA) is 272 Å². The summed E-state index contributed by atoms with van der Waals surface area (Å²) in [6, 6.07) is -9.43. The Kier molecular flexibility index (Phi) is 33.6. The third-order valence-electron chi connectivity index (χ3n) is 18.8. The van der Waals surface area contributed by atoms with E-state index in [1.54, 1.807) is 53.2 Å². The molecule has 1 aromatic heterocycles. The van der Waals surface area contributed by atoms with Crippen LogP contribution in [0.5, 0.6) is 0 Å². The molecular formula is C70H121N11O12. The Morgan fingerprint density at radius 2 is 0.968 bits per heavy atom. The highest BCUT2D eigenvalue weighted by atomic mass is 16.3. The summed E-state index contributed by atoms with van der Waals surface area (Å²) in [5, 5.41) is 15.3. The van der Waals surface area contributed by atoms with E-state index in [9.17, 15) is 38.7 Å².